The van der Waals surface area contributed by atoms with Gasteiger partial charge in [-0.15, -0.1) is 22.0 Å². The van der Waals surface area contributed by atoms with Crippen molar-refractivity contribution < 1.29 is 14.3 Å². The number of methoxy groups -OCH3 is 1. The zero-order chi connectivity index (χ0) is 21.1. The van der Waals surface area contributed by atoms with E-state index in [9.17, 15) is 4.79 Å². The minimum absolute atomic E-state index is 0.148. The number of amides is 1. The summed E-state index contributed by atoms with van der Waals surface area (Å²) in [6, 6.07) is 11.3. The number of benzene rings is 1. The van der Waals surface area contributed by atoms with Crippen molar-refractivity contribution in [2.24, 2.45) is 0 Å². The van der Waals surface area contributed by atoms with Gasteiger partial charge in [-0.25, -0.2) is 4.98 Å². The Bertz CT molecular complexity index is 1070. The van der Waals surface area contributed by atoms with Crippen LogP contribution < -0.4 is 14.8 Å². The molecule has 1 aliphatic rings. The van der Waals surface area contributed by atoms with Crippen molar-refractivity contribution in [2.75, 3.05) is 19.9 Å². The molecule has 1 aromatic carbocycles. The van der Waals surface area contributed by atoms with Gasteiger partial charge in [0.1, 0.15) is 16.9 Å². The van der Waals surface area contributed by atoms with Crippen LogP contribution in [0.5, 0.6) is 11.6 Å². The minimum Gasteiger partial charge on any atom is -0.487 e. The molecule has 4 rings (SSSR count). The predicted molar refractivity (Wildman–Crippen MR) is 115 cm³/mol. The summed E-state index contributed by atoms with van der Waals surface area (Å²) in [5, 5.41) is 12.0. The fraction of sp³-hybridized carbons (Fsp3) is 0.273. The summed E-state index contributed by atoms with van der Waals surface area (Å²) in [7, 11) is 1.56. The van der Waals surface area contributed by atoms with Crippen LogP contribution in [0.1, 0.15) is 21.5 Å². The summed E-state index contributed by atoms with van der Waals surface area (Å²) in [6.07, 6.45) is 4.16. The highest BCUT2D eigenvalue weighted by molar-refractivity contribution is 7.98. The van der Waals surface area contributed by atoms with Crippen LogP contribution in [-0.2, 0) is 6.42 Å². The van der Waals surface area contributed by atoms with Crippen molar-refractivity contribution in [2.45, 2.75) is 24.5 Å². The molecule has 1 unspecified atom stereocenters. The quantitative estimate of drug-likeness (QED) is 0.610. The van der Waals surface area contributed by atoms with Gasteiger partial charge in [-0.05, 0) is 48.6 Å². The van der Waals surface area contributed by atoms with Gasteiger partial charge in [0.15, 0.2) is 0 Å². The molecule has 0 saturated carbocycles. The van der Waals surface area contributed by atoms with Gasteiger partial charge in [0, 0.05) is 24.2 Å². The molecular weight excluding hydrogens is 400 g/mol. The van der Waals surface area contributed by atoms with Gasteiger partial charge in [0.25, 0.3) is 5.91 Å². The Morgan fingerprint density at radius 3 is 2.90 bits per heavy atom. The number of hydrogen-bond acceptors (Lipinski definition) is 7. The summed E-state index contributed by atoms with van der Waals surface area (Å²) in [5.41, 5.74) is 4.42. The zero-order valence-corrected chi connectivity index (χ0v) is 17.8. The lowest BCUT2D eigenvalue weighted by molar-refractivity contribution is 0.0930. The Balaban J connectivity index is 1.49. The lowest BCUT2D eigenvalue weighted by atomic mass is 10.0. The van der Waals surface area contributed by atoms with Gasteiger partial charge in [-0.2, -0.15) is 0 Å². The van der Waals surface area contributed by atoms with Crippen molar-refractivity contribution >= 4 is 17.7 Å². The van der Waals surface area contributed by atoms with Crippen LogP contribution in [0.3, 0.4) is 0 Å². The molecule has 30 heavy (non-hydrogen) atoms. The number of aromatic nitrogens is 3. The third-order valence-corrected chi connectivity index (χ3v) is 5.58. The number of carbonyl (C=O) groups is 1. The van der Waals surface area contributed by atoms with Crippen molar-refractivity contribution in [3.8, 4) is 22.9 Å². The van der Waals surface area contributed by atoms with E-state index >= 15 is 0 Å². The van der Waals surface area contributed by atoms with E-state index in [4.69, 9.17) is 9.47 Å². The first-order valence-corrected chi connectivity index (χ1v) is 10.8. The van der Waals surface area contributed by atoms with E-state index in [1.165, 1.54) is 11.8 Å². The average Bonchev–Trinajstić information content (AvgIpc) is 3.19. The van der Waals surface area contributed by atoms with E-state index in [0.29, 0.717) is 23.0 Å². The van der Waals surface area contributed by atoms with E-state index in [1.54, 1.807) is 31.5 Å². The number of fused-ring (bicyclic) bond motifs is 1. The molecule has 1 aliphatic heterocycles. The van der Waals surface area contributed by atoms with Crippen molar-refractivity contribution in [1.82, 2.24) is 20.5 Å². The summed E-state index contributed by atoms with van der Waals surface area (Å²) in [4.78, 5) is 16.9. The second-order valence-corrected chi connectivity index (χ2v) is 7.77. The Morgan fingerprint density at radius 1 is 1.30 bits per heavy atom. The fourth-order valence-corrected chi connectivity index (χ4v) is 4.04. The SMILES string of the molecule is COc1ccc(-c2cc(C)cc3c2OC(CNC(=O)c2cccnc2SC)C3)nn1. The molecule has 0 saturated heterocycles. The maximum atomic E-state index is 12.6. The largest absolute Gasteiger partial charge is 0.487 e. The van der Waals surface area contributed by atoms with Crippen LogP contribution >= 0.6 is 11.8 Å². The number of ether oxygens (including phenoxy) is 2. The van der Waals surface area contributed by atoms with Crippen LogP contribution in [0.15, 0.2) is 47.6 Å². The molecule has 0 aliphatic carbocycles. The molecule has 0 spiro atoms. The van der Waals surface area contributed by atoms with Gasteiger partial charge in [0.2, 0.25) is 5.88 Å². The molecule has 2 aromatic heterocycles. The number of thioether (sulfide) groups is 1. The van der Waals surface area contributed by atoms with E-state index in [-0.39, 0.29) is 12.0 Å². The molecule has 1 atom stereocenters. The van der Waals surface area contributed by atoms with Gasteiger partial charge >= 0.3 is 0 Å². The van der Waals surface area contributed by atoms with Crippen molar-refractivity contribution in [3.63, 3.8) is 0 Å². The smallest absolute Gasteiger partial charge is 0.254 e. The second kappa shape index (κ2) is 8.71. The van der Waals surface area contributed by atoms with E-state index in [1.807, 2.05) is 25.3 Å². The molecule has 7 nitrogen and oxygen atoms in total. The maximum absolute atomic E-state index is 12.6. The van der Waals surface area contributed by atoms with Crippen LogP contribution in [0, 0.1) is 6.92 Å². The molecule has 0 radical (unpaired) electrons. The molecule has 8 heteroatoms. The number of hydrogen-bond donors (Lipinski definition) is 1. The van der Waals surface area contributed by atoms with Gasteiger partial charge < -0.3 is 14.8 Å². The fourth-order valence-electron chi connectivity index (χ4n) is 3.50. The second-order valence-electron chi connectivity index (χ2n) is 6.98. The molecule has 0 fully saturated rings. The Kier molecular flexibility index (Phi) is 5.85. The predicted octanol–water partition coefficient (Wildman–Crippen LogP) is 3.31. The number of nitrogens with one attached hydrogen (secondary N) is 1. The van der Waals surface area contributed by atoms with Gasteiger partial charge in [0.05, 0.1) is 24.9 Å². The van der Waals surface area contributed by atoms with E-state index in [2.05, 4.69) is 26.6 Å². The van der Waals surface area contributed by atoms with Crippen LogP contribution in [-0.4, -0.2) is 47.1 Å². The number of aryl methyl sites for hydroxylation is 1. The number of nitrogens with zero attached hydrogens (tertiary/aromatic N) is 3. The third kappa shape index (κ3) is 4.09. The summed E-state index contributed by atoms with van der Waals surface area (Å²) >= 11 is 1.45. The van der Waals surface area contributed by atoms with Crippen LogP contribution in [0.25, 0.3) is 11.3 Å². The molecule has 0 bridgehead atoms. The topological polar surface area (TPSA) is 86.2 Å². The highest BCUT2D eigenvalue weighted by atomic mass is 32.2. The van der Waals surface area contributed by atoms with Crippen molar-refractivity contribution in [3.05, 3.63) is 59.3 Å². The summed E-state index contributed by atoms with van der Waals surface area (Å²) < 4.78 is 11.3. The third-order valence-electron chi connectivity index (χ3n) is 4.87. The lowest BCUT2D eigenvalue weighted by Gasteiger charge is -2.14. The van der Waals surface area contributed by atoms with Crippen LogP contribution in [0.4, 0.5) is 0 Å². The van der Waals surface area contributed by atoms with Gasteiger partial charge in [-0.3, -0.25) is 4.79 Å². The standard InChI is InChI=1S/C22H22N4O3S/c1-13-9-14-11-15(12-24-21(27)16-5-4-8-23-22(16)30-3)29-20(14)17(10-13)18-6-7-19(28-2)26-25-18/h4-10,15H,11-12H2,1-3H3,(H,24,27). The molecule has 1 N–H and O–H groups in total. The zero-order valence-electron chi connectivity index (χ0n) is 17.0. The molecule has 3 heterocycles. The van der Waals surface area contributed by atoms with Crippen LogP contribution in [0.2, 0.25) is 0 Å². The lowest BCUT2D eigenvalue weighted by Crippen LogP contribution is -2.34. The Labute approximate surface area is 179 Å². The highest BCUT2D eigenvalue weighted by Gasteiger charge is 2.27. The molecular formula is C22H22N4O3S. The Hall–Kier alpha value is -3.13. The minimum atomic E-state index is -0.149. The average molecular weight is 423 g/mol. The molecule has 154 valence electrons. The summed E-state index contributed by atoms with van der Waals surface area (Å²) in [6.45, 7) is 2.45. The normalized spacial score (nSPS) is 14.7. The van der Waals surface area contributed by atoms with E-state index < -0.39 is 0 Å². The number of rotatable bonds is 6. The Morgan fingerprint density at radius 2 is 2.17 bits per heavy atom. The maximum Gasteiger partial charge on any atom is 0.254 e. The van der Waals surface area contributed by atoms with E-state index in [0.717, 1.165) is 34.6 Å². The number of carbonyl (C=O) groups excluding carboxylic acids is 1. The first-order chi connectivity index (χ1) is 14.6. The summed E-state index contributed by atoms with van der Waals surface area (Å²) in [5.74, 6) is 1.11. The van der Waals surface area contributed by atoms with Gasteiger partial charge in [-0.1, -0.05) is 6.07 Å². The first-order valence-electron chi connectivity index (χ1n) is 9.54. The highest BCUT2D eigenvalue weighted by Crippen LogP contribution is 2.39. The van der Waals surface area contributed by atoms with Crippen molar-refractivity contribution in [1.29, 1.82) is 0 Å². The molecule has 1 amide bonds. The first kappa shape index (κ1) is 20.2. The molecule has 3 aromatic rings. The number of pyridine rings is 1. The monoisotopic (exact) mass is 422 g/mol.